The van der Waals surface area contributed by atoms with Gasteiger partial charge in [-0.05, 0) is 25.1 Å². The Balaban J connectivity index is 0.00000156. The van der Waals surface area contributed by atoms with Crippen LogP contribution in [-0.4, -0.2) is 40.1 Å². The number of imidazole rings is 1. The van der Waals surface area contributed by atoms with Crippen molar-refractivity contribution < 1.29 is 9.53 Å². The number of nitrogens with one attached hydrogen (secondary N) is 1. The van der Waals surface area contributed by atoms with Crippen LogP contribution in [0.5, 0.6) is 5.75 Å². The first-order valence-electron chi connectivity index (χ1n) is 7.13. The molecule has 0 spiro atoms. The van der Waals surface area contributed by atoms with Crippen molar-refractivity contribution in [1.82, 2.24) is 14.9 Å². The number of carbonyl (C=O) groups is 1. The first-order chi connectivity index (χ1) is 10.6. The molecule has 23 heavy (non-hydrogen) atoms. The summed E-state index contributed by atoms with van der Waals surface area (Å²) >= 11 is 6.07. The van der Waals surface area contributed by atoms with E-state index < -0.39 is 0 Å². The number of aryl methyl sites for hydroxylation is 1. The second-order valence-corrected chi connectivity index (χ2v) is 6.02. The van der Waals surface area contributed by atoms with Gasteiger partial charge in [-0.15, -0.1) is 12.4 Å². The number of aromatic amines is 1. The second kappa shape index (κ2) is 5.94. The number of carbonyl (C=O) groups excluding carboxylic acids is 1. The van der Waals surface area contributed by atoms with E-state index in [9.17, 15) is 4.79 Å². The van der Waals surface area contributed by atoms with Crippen LogP contribution in [0.15, 0.2) is 24.5 Å². The quantitative estimate of drug-likeness (QED) is 0.901. The summed E-state index contributed by atoms with van der Waals surface area (Å²) in [6, 6.07) is 5.34. The van der Waals surface area contributed by atoms with E-state index in [0.29, 0.717) is 30.5 Å². The highest BCUT2D eigenvalue weighted by molar-refractivity contribution is 6.31. The average Bonchev–Trinajstić information content (AvgIpc) is 3.04. The molecule has 0 aliphatic carbocycles. The van der Waals surface area contributed by atoms with Crippen LogP contribution in [-0.2, 0) is 6.54 Å². The fraction of sp³-hybridized carbons (Fsp3) is 0.333. The maximum atomic E-state index is 12.8. The number of aromatic nitrogens is 2. The van der Waals surface area contributed by atoms with E-state index >= 15 is 0 Å². The summed E-state index contributed by atoms with van der Waals surface area (Å²) in [5.74, 6) is 0.701. The minimum Gasteiger partial charge on any atom is -0.489 e. The number of anilines is 1. The van der Waals surface area contributed by atoms with E-state index in [4.69, 9.17) is 16.3 Å². The van der Waals surface area contributed by atoms with Gasteiger partial charge >= 0.3 is 6.03 Å². The van der Waals surface area contributed by atoms with Crippen molar-refractivity contribution >= 4 is 35.7 Å². The van der Waals surface area contributed by atoms with Crippen molar-refractivity contribution in [2.24, 2.45) is 0 Å². The number of halogens is 2. The zero-order chi connectivity index (χ0) is 15.3. The van der Waals surface area contributed by atoms with Crippen LogP contribution >= 0.6 is 24.0 Å². The number of ether oxygens (including phenoxy) is 1. The fourth-order valence-corrected chi connectivity index (χ4v) is 3.16. The third kappa shape index (κ3) is 2.62. The first-order valence-corrected chi connectivity index (χ1v) is 7.50. The molecule has 2 aliphatic heterocycles. The van der Waals surface area contributed by atoms with Gasteiger partial charge in [0, 0.05) is 17.3 Å². The largest absolute Gasteiger partial charge is 0.489 e. The molecule has 6 nitrogen and oxygen atoms in total. The van der Waals surface area contributed by atoms with Crippen LogP contribution in [0.2, 0.25) is 5.02 Å². The van der Waals surface area contributed by atoms with Gasteiger partial charge in [-0.25, -0.2) is 9.78 Å². The third-order valence-electron chi connectivity index (χ3n) is 4.16. The van der Waals surface area contributed by atoms with E-state index in [1.807, 2.05) is 13.0 Å². The standard InChI is InChI=1S/C15H15ClN4O2.ClH/c1-9-12(18-8-17-9)6-19-5-11-7-22-14-3-2-10(16)4-13(14)20(11)15(19)21;/h2-4,8,11H,5-7H2,1H3,(H,17,18);1H. The highest BCUT2D eigenvalue weighted by Crippen LogP contribution is 2.39. The number of urea groups is 1. The lowest BCUT2D eigenvalue weighted by Gasteiger charge is -2.30. The summed E-state index contributed by atoms with van der Waals surface area (Å²) in [7, 11) is 0. The molecular formula is C15H16Cl2N4O2. The second-order valence-electron chi connectivity index (χ2n) is 5.58. The number of rotatable bonds is 2. The van der Waals surface area contributed by atoms with Crippen LogP contribution in [0, 0.1) is 6.92 Å². The molecule has 1 unspecified atom stereocenters. The molecule has 1 N–H and O–H groups in total. The van der Waals surface area contributed by atoms with Crippen LogP contribution in [0.1, 0.15) is 11.4 Å². The number of benzene rings is 1. The molecule has 2 amide bonds. The molecule has 2 aliphatic rings. The van der Waals surface area contributed by atoms with E-state index in [1.165, 1.54) is 0 Å². The summed E-state index contributed by atoms with van der Waals surface area (Å²) in [4.78, 5) is 23.7. The zero-order valence-electron chi connectivity index (χ0n) is 12.5. The van der Waals surface area contributed by atoms with E-state index in [-0.39, 0.29) is 24.5 Å². The molecule has 1 aromatic carbocycles. The summed E-state index contributed by atoms with van der Waals surface area (Å²) in [5.41, 5.74) is 2.62. The molecule has 1 aromatic heterocycles. The van der Waals surface area contributed by atoms with E-state index in [2.05, 4.69) is 9.97 Å². The van der Waals surface area contributed by atoms with Crippen LogP contribution in [0.25, 0.3) is 0 Å². The van der Waals surface area contributed by atoms with Gasteiger partial charge in [0.05, 0.1) is 30.3 Å². The molecule has 1 fully saturated rings. The Morgan fingerprint density at radius 1 is 1.48 bits per heavy atom. The Labute approximate surface area is 144 Å². The minimum atomic E-state index is -0.0285. The highest BCUT2D eigenvalue weighted by atomic mass is 35.5. The molecule has 0 saturated carbocycles. The molecular weight excluding hydrogens is 339 g/mol. The maximum Gasteiger partial charge on any atom is 0.325 e. The number of fused-ring (bicyclic) bond motifs is 3. The van der Waals surface area contributed by atoms with Crippen LogP contribution < -0.4 is 9.64 Å². The smallest absolute Gasteiger partial charge is 0.325 e. The number of amides is 2. The Morgan fingerprint density at radius 3 is 3.04 bits per heavy atom. The normalized spacial score (nSPS) is 19.0. The number of H-pyrrole nitrogens is 1. The monoisotopic (exact) mass is 354 g/mol. The van der Waals surface area contributed by atoms with E-state index in [1.54, 1.807) is 28.3 Å². The molecule has 122 valence electrons. The minimum absolute atomic E-state index is 0. The van der Waals surface area contributed by atoms with Crippen LogP contribution in [0.3, 0.4) is 0 Å². The lowest BCUT2D eigenvalue weighted by atomic mass is 10.2. The van der Waals surface area contributed by atoms with Crippen molar-refractivity contribution in [2.45, 2.75) is 19.5 Å². The van der Waals surface area contributed by atoms with Gasteiger partial charge in [0.1, 0.15) is 12.4 Å². The summed E-state index contributed by atoms with van der Waals surface area (Å²) < 4.78 is 5.75. The SMILES string of the molecule is Cc1[nH]cnc1CN1CC2COc3ccc(Cl)cc3N2C1=O.Cl. The summed E-state index contributed by atoms with van der Waals surface area (Å²) in [5, 5.41) is 0.595. The predicted molar refractivity (Wildman–Crippen MR) is 89.6 cm³/mol. The van der Waals surface area contributed by atoms with Crippen molar-refractivity contribution in [3.05, 3.63) is 40.9 Å². The van der Waals surface area contributed by atoms with E-state index in [0.717, 1.165) is 17.1 Å². The van der Waals surface area contributed by atoms with Gasteiger partial charge in [-0.3, -0.25) is 4.90 Å². The third-order valence-corrected chi connectivity index (χ3v) is 4.39. The van der Waals surface area contributed by atoms with Gasteiger partial charge < -0.3 is 14.6 Å². The molecule has 1 saturated heterocycles. The molecule has 2 aromatic rings. The molecule has 0 radical (unpaired) electrons. The highest BCUT2D eigenvalue weighted by Gasteiger charge is 2.42. The van der Waals surface area contributed by atoms with Crippen molar-refractivity contribution in [3.8, 4) is 5.75 Å². The topological polar surface area (TPSA) is 61.5 Å². The lowest BCUT2D eigenvalue weighted by Crippen LogP contribution is -2.41. The average molecular weight is 355 g/mol. The molecule has 1 atom stereocenters. The molecule has 3 heterocycles. The Kier molecular flexibility index (Phi) is 4.12. The van der Waals surface area contributed by atoms with Gasteiger partial charge in [0.25, 0.3) is 0 Å². The van der Waals surface area contributed by atoms with Gasteiger partial charge in [-0.1, -0.05) is 11.6 Å². The Bertz CT molecular complexity index is 749. The fourth-order valence-electron chi connectivity index (χ4n) is 3.00. The summed E-state index contributed by atoms with van der Waals surface area (Å²) in [6.45, 7) is 3.57. The number of hydrogen-bond donors (Lipinski definition) is 1. The molecule has 0 bridgehead atoms. The Morgan fingerprint density at radius 2 is 2.30 bits per heavy atom. The van der Waals surface area contributed by atoms with Gasteiger partial charge in [-0.2, -0.15) is 0 Å². The van der Waals surface area contributed by atoms with Gasteiger partial charge in [0.15, 0.2) is 0 Å². The molecule has 8 heteroatoms. The predicted octanol–water partition coefficient (Wildman–Crippen LogP) is 3.00. The van der Waals surface area contributed by atoms with Crippen molar-refractivity contribution in [2.75, 3.05) is 18.1 Å². The van der Waals surface area contributed by atoms with Crippen molar-refractivity contribution in [1.29, 1.82) is 0 Å². The molecule has 4 rings (SSSR count). The Hall–Kier alpha value is -1.92. The first kappa shape index (κ1) is 16.0. The maximum absolute atomic E-state index is 12.8. The van der Waals surface area contributed by atoms with Crippen LogP contribution in [0.4, 0.5) is 10.5 Å². The number of nitrogens with zero attached hydrogens (tertiary/aromatic N) is 3. The van der Waals surface area contributed by atoms with Crippen molar-refractivity contribution in [3.63, 3.8) is 0 Å². The summed E-state index contributed by atoms with van der Waals surface area (Å²) in [6.07, 6.45) is 1.65. The number of hydrogen-bond acceptors (Lipinski definition) is 3. The lowest BCUT2D eigenvalue weighted by molar-refractivity contribution is 0.218. The van der Waals surface area contributed by atoms with Gasteiger partial charge in [0.2, 0.25) is 0 Å². The zero-order valence-corrected chi connectivity index (χ0v) is 14.0.